The molecule has 7 nitrogen and oxygen atoms in total. The Morgan fingerprint density at radius 2 is 1.68 bits per heavy atom. The first-order chi connectivity index (χ1) is 13.5. The molecule has 1 N–H and O–H groups in total. The van der Waals surface area contributed by atoms with E-state index in [0.717, 1.165) is 5.56 Å². The average molecular weight is 397 g/mol. The minimum atomic E-state index is -3.71. The summed E-state index contributed by atoms with van der Waals surface area (Å²) in [5, 5.41) is 9.65. The van der Waals surface area contributed by atoms with Gasteiger partial charge in [0.1, 0.15) is 0 Å². The molecule has 28 heavy (non-hydrogen) atoms. The summed E-state index contributed by atoms with van der Waals surface area (Å²) < 4.78 is 29.9. The number of nitrogens with one attached hydrogen (secondary N) is 1. The van der Waals surface area contributed by atoms with Crippen molar-refractivity contribution in [1.82, 2.24) is 15.5 Å². The summed E-state index contributed by atoms with van der Waals surface area (Å²) in [6.07, 6.45) is 3.37. The van der Waals surface area contributed by atoms with Crippen molar-refractivity contribution in [3.8, 4) is 0 Å². The van der Waals surface area contributed by atoms with Gasteiger partial charge in [-0.15, -0.1) is 5.10 Å². The predicted molar refractivity (Wildman–Crippen MR) is 104 cm³/mol. The SMILES string of the molecule is O=C(/C=C/c1ccccc1)NCCc1nnc(S(=O)(=O)Cc2ccccc2)o1. The second kappa shape index (κ2) is 9.09. The van der Waals surface area contributed by atoms with Crippen molar-refractivity contribution in [3.63, 3.8) is 0 Å². The van der Waals surface area contributed by atoms with Gasteiger partial charge in [-0.2, -0.15) is 0 Å². The Bertz CT molecular complexity index is 1050. The molecule has 0 aliphatic rings. The van der Waals surface area contributed by atoms with Crippen molar-refractivity contribution in [3.05, 3.63) is 83.8 Å². The fraction of sp³-hybridized carbons (Fsp3) is 0.150. The molecule has 1 amide bonds. The molecule has 1 heterocycles. The van der Waals surface area contributed by atoms with E-state index in [1.54, 1.807) is 30.3 Å². The van der Waals surface area contributed by atoms with Crippen LogP contribution in [-0.2, 0) is 26.8 Å². The smallest absolute Gasteiger partial charge is 0.335 e. The van der Waals surface area contributed by atoms with Gasteiger partial charge in [-0.1, -0.05) is 65.8 Å². The Balaban J connectivity index is 1.50. The zero-order valence-electron chi connectivity index (χ0n) is 15.0. The number of aromatic nitrogens is 2. The Labute approximate surface area is 163 Å². The maximum atomic E-state index is 12.3. The van der Waals surface area contributed by atoms with E-state index in [-0.39, 0.29) is 30.5 Å². The molecule has 0 aliphatic heterocycles. The van der Waals surface area contributed by atoms with Crippen molar-refractivity contribution in [2.45, 2.75) is 17.4 Å². The van der Waals surface area contributed by atoms with Crippen molar-refractivity contribution >= 4 is 21.8 Å². The largest absolute Gasteiger partial charge is 0.412 e. The summed E-state index contributed by atoms with van der Waals surface area (Å²) in [5.41, 5.74) is 1.56. The standard InChI is InChI=1S/C20H19N3O4S/c24-18(12-11-16-7-3-1-4-8-16)21-14-13-19-22-23-20(27-19)28(25,26)15-17-9-5-2-6-10-17/h1-12H,13-15H2,(H,21,24)/b12-11+. The van der Waals surface area contributed by atoms with Gasteiger partial charge in [-0.25, -0.2) is 8.42 Å². The third-order valence-electron chi connectivity index (χ3n) is 3.78. The molecular weight excluding hydrogens is 378 g/mol. The van der Waals surface area contributed by atoms with E-state index in [1.807, 2.05) is 36.4 Å². The van der Waals surface area contributed by atoms with Crippen LogP contribution in [0.1, 0.15) is 17.0 Å². The van der Waals surface area contributed by atoms with Crippen LogP contribution in [0.2, 0.25) is 0 Å². The van der Waals surface area contributed by atoms with Crippen LogP contribution in [0.3, 0.4) is 0 Å². The lowest BCUT2D eigenvalue weighted by Gasteiger charge is -2.00. The van der Waals surface area contributed by atoms with E-state index in [9.17, 15) is 13.2 Å². The minimum absolute atomic E-state index is 0.152. The maximum absolute atomic E-state index is 12.3. The Kier molecular flexibility index (Phi) is 6.33. The summed E-state index contributed by atoms with van der Waals surface area (Å²) in [7, 11) is -3.71. The Morgan fingerprint density at radius 3 is 2.39 bits per heavy atom. The predicted octanol–water partition coefficient (Wildman–Crippen LogP) is 2.42. The summed E-state index contributed by atoms with van der Waals surface area (Å²) in [6, 6.07) is 18.2. The van der Waals surface area contributed by atoms with Gasteiger partial charge in [-0.3, -0.25) is 4.79 Å². The van der Waals surface area contributed by atoms with Gasteiger partial charge >= 0.3 is 5.22 Å². The van der Waals surface area contributed by atoms with Crippen LogP contribution in [-0.4, -0.2) is 31.1 Å². The van der Waals surface area contributed by atoms with Crippen LogP contribution in [0, 0.1) is 0 Å². The van der Waals surface area contributed by atoms with Gasteiger partial charge in [0.15, 0.2) is 0 Å². The summed E-state index contributed by atoms with van der Waals surface area (Å²) in [5.74, 6) is -0.324. The monoisotopic (exact) mass is 397 g/mol. The third-order valence-corrected chi connectivity index (χ3v) is 5.19. The first-order valence-corrected chi connectivity index (χ1v) is 10.3. The quantitative estimate of drug-likeness (QED) is 0.586. The van der Waals surface area contributed by atoms with E-state index >= 15 is 0 Å². The van der Waals surface area contributed by atoms with Gasteiger partial charge in [-0.05, 0) is 17.2 Å². The number of sulfone groups is 1. The molecule has 0 spiro atoms. The molecule has 1 aromatic heterocycles. The van der Waals surface area contributed by atoms with E-state index in [1.165, 1.54) is 6.08 Å². The topological polar surface area (TPSA) is 102 Å². The number of nitrogens with zero attached hydrogens (tertiary/aromatic N) is 2. The van der Waals surface area contributed by atoms with Gasteiger partial charge in [0, 0.05) is 19.0 Å². The second-order valence-electron chi connectivity index (χ2n) is 5.99. The molecule has 8 heteroatoms. The fourth-order valence-corrected chi connectivity index (χ4v) is 3.55. The minimum Gasteiger partial charge on any atom is -0.412 e. The number of hydrogen-bond donors (Lipinski definition) is 1. The number of amides is 1. The van der Waals surface area contributed by atoms with Crippen LogP contribution in [0.15, 0.2) is 76.4 Å². The first kappa shape index (κ1) is 19.5. The normalized spacial score (nSPS) is 11.6. The van der Waals surface area contributed by atoms with Crippen LogP contribution in [0.5, 0.6) is 0 Å². The van der Waals surface area contributed by atoms with E-state index in [4.69, 9.17) is 4.42 Å². The van der Waals surface area contributed by atoms with Crippen molar-refractivity contribution in [2.75, 3.05) is 6.54 Å². The van der Waals surface area contributed by atoms with E-state index in [2.05, 4.69) is 15.5 Å². The molecule has 0 bridgehead atoms. The van der Waals surface area contributed by atoms with E-state index < -0.39 is 15.1 Å². The molecule has 0 saturated heterocycles. The van der Waals surface area contributed by atoms with Gasteiger partial charge in [0.25, 0.3) is 0 Å². The number of carbonyl (C=O) groups excluding carboxylic acids is 1. The lowest BCUT2D eigenvalue weighted by atomic mass is 10.2. The Hall–Kier alpha value is -3.26. The second-order valence-corrected chi connectivity index (χ2v) is 7.86. The average Bonchev–Trinajstić information content (AvgIpc) is 3.18. The number of benzene rings is 2. The molecule has 0 aliphatic carbocycles. The van der Waals surface area contributed by atoms with Crippen molar-refractivity contribution < 1.29 is 17.6 Å². The van der Waals surface area contributed by atoms with Gasteiger partial charge in [0.05, 0.1) is 5.75 Å². The molecule has 144 valence electrons. The number of rotatable bonds is 8. The molecule has 0 saturated carbocycles. The maximum Gasteiger partial charge on any atom is 0.335 e. The lowest BCUT2D eigenvalue weighted by Crippen LogP contribution is -2.23. The summed E-state index contributed by atoms with van der Waals surface area (Å²) in [6.45, 7) is 0.248. The highest BCUT2D eigenvalue weighted by molar-refractivity contribution is 7.90. The van der Waals surface area contributed by atoms with Crippen molar-refractivity contribution in [1.29, 1.82) is 0 Å². The van der Waals surface area contributed by atoms with Gasteiger partial charge in [0.2, 0.25) is 21.6 Å². The number of hydrogen-bond acceptors (Lipinski definition) is 6. The summed E-state index contributed by atoms with van der Waals surface area (Å²) >= 11 is 0. The highest BCUT2D eigenvalue weighted by atomic mass is 32.2. The van der Waals surface area contributed by atoms with Crippen LogP contribution in [0.25, 0.3) is 6.08 Å². The lowest BCUT2D eigenvalue weighted by molar-refractivity contribution is -0.116. The van der Waals surface area contributed by atoms with Crippen LogP contribution in [0.4, 0.5) is 0 Å². The first-order valence-electron chi connectivity index (χ1n) is 8.63. The Morgan fingerprint density at radius 1 is 1.00 bits per heavy atom. The molecular formula is C20H19N3O4S. The molecule has 0 unspecified atom stereocenters. The molecule has 3 rings (SSSR count). The fourth-order valence-electron chi connectivity index (χ4n) is 2.41. The zero-order chi connectivity index (χ0) is 19.8. The molecule has 0 radical (unpaired) electrons. The zero-order valence-corrected chi connectivity index (χ0v) is 15.8. The highest BCUT2D eigenvalue weighted by Gasteiger charge is 2.22. The summed E-state index contributed by atoms with van der Waals surface area (Å²) in [4.78, 5) is 11.8. The van der Waals surface area contributed by atoms with Gasteiger partial charge < -0.3 is 9.73 Å². The van der Waals surface area contributed by atoms with Crippen LogP contribution >= 0.6 is 0 Å². The van der Waals surface area contributed by atoms with Crippen molar-refractivity contribution in [2.24, 2.45) is 0 Å². The molecule has 0 fully saturated rings. The molecule has 3 aromatic rings. The van der Waals surface area contributed by atoms with E-state index in [0.29, 0.717) is 5.56 Å². The number of carbonyl (C=O) groups is 1. The molecule has 2 aromatic carbocycles. The third kappa shape index (κ3) is 5.62. The molecule has 0 atom stereocenters. The van der Waals surface area contributed by atoms with Crippen LogP contribution < -0.4 is 5.32 Å². The highest BCUT2D eigenvalue weighted by Crippen LogP contribution is 2.15.